The van der Waals surface area contributed by atoms with Gasteiger partial charge in [-0.3, -0.25) is 9.59 Å². The first-order valence-corrected chi connectivity index (χ1v) is 17.1. The Bertz CT molecular complexity index is 1140. The molecule has 11 nitrogen and oxygen atoms in total. The summed E-state index contributed by atoms with van der Waals surface area (Å²) in [4.78, 5) is 33.7. The van der Waals surface area contributed by atoms with Gasteiger partial charge in [0.15, 0.2) is 12.6 Å². The molecule has 2 aliphatic heterocycles. The van der Waals surface area contributed by atoms with Gasteiger partial charge < -0.3 is 43.9 Å². The van der Waals surface area contributed by atoms with Crippen LogP contribution in [0.15, 0.2) is 30.3 Å². The molecule has 2 saturated heterocycles. The number of hydrogen-bond donors (Lipinski definition) is 2. The van der Waals surface area contributed by atoms with Crippen LogP contribution >= 0.6 is 0 Å². The van der Waals surface area contributed by atoms with Crippen LogP contribution in [0.3, 0.4) is 0 Å². The van der Waals surface area contributed by atoms with Crippen molar-refractivity contribution in [2.24, 2.45) is 17.3 Å². The average molecular weight is 664 g/mol. The van der Waals surface area contributed by atoms with Gasteiger partial charge in [0.1, 0.15) is 11.9 Å². The van der Waals surface area contributed by atoms with E-state index in [2.05, 4.69) is 18.9 Å². The minimum atomic E-state index is -1.43. The van der Waals surface area contributed by atoms with Gasteiger partial charge in [0.25, 0.3) is 5.91 Å². The Balaban J connectivity index is 1.94. The molecule has 2 fully saturated rings. The van der Waals surface area contributed by atoms with Gasteiger partial charge in [-0.1, -0.05) is 32.0 Å². The van der Waals surface area contributed by atoms with Crippen LogP contribution in [0.25, 0.3) is 0 Å². The fraction of sp³-hybridized carbons (Fsp3) is 0.778. The number of likely N-dealkylation sites (N-methyl/N-ethyl adjacent to an activating group) is 1. The summed E-state index contributed by atoms with van der Waals surface area (Å²) < 4.78 is 24.9. The average Bonchev–Trinajstić information content (AvgIpc) is 3.02. The topological polar surface area (TPSA) is 121 Å². The first kappa shape index (κ1) is 39.5. The van der Waals surface area contributed by atoms with E-state index in [-0.39, 0.29) is 42.9 Å². The number of aliphatic hydroxyl groups excluding tert-OH is 2. The van der Waals surface area contributed by atoms with Crippen molar-refractivity contribution in [1.29, 1.82) is 0 Å². The SMILES string of the molecule is CO[C@]1(C)C[C@@H](C)CN(C)CCCN(C(=O)c2ccccc2)CCOC(O)C(C)(C)C(=O)[C@H](C)[C@H]1O[C@@H]1O[C@H](C)C[C@H](N(C)C)[C@H]1O. The lowest BCUT2D eigenvalue weighted by Crippen LogP contribution is -2.59. The molecule has 3 rings (SSSR count). The van der Waals surface area contributed by atoms with Gasteiger partial charge >= 0.3 is 0 Å². The lowest BCUT2D eigenvalue weighted by atomic mass is 9.73. The van der Waals surface area contributed by atoms with E-state index in [9.17, 15) is 19.8 Å². The Hall–Kier alpha value is -1.96. The molecule has 268 valence electrons. The van der Waals surface area contributed by atoms with Gasteiger partial charge in [0.2, 0.25) is 0 Å². The number of amides is 1. The number of rotatable bonds is 5. The third kappa shape index (κ3) is 10.0. The largest absolute Gasteiger partial charge is 0.386 e. The second kappa shape index (κ2) is 17.1. The predicted molar refractivity (Wildman–Crippen MR) is 181 cm³/mol. The summed E-state index contributed by atoms with van der Waals surface area (Å²) in [6.07, 6.45) is -2.39. The summed E-state index contributed by atoms with van der Waals surface area (Å²) in [6, 6.07) is 8.95. The Morgan fingerprint density at radius 3 is 2.32 bits per heavy atom. The summed E-state index contributed by atoms with van der Waals surface area (Å²) in [5, 5.41) is 22.6. The van der Waals surface area contributed by atoms with E-state index in [0.717, 1.165) is 19.5 Å². The quantitative estimate of drug-likeness (QED) is 0.486. The first-order valence-electron chi connectivity index (χ1n) is 17.1. The van der Waals surface area contributed by atoms with E-state index in [1.807, 2.05) is 51.0 Å². The molecule has 0 spiro atoms. The number of nitrogens with zero attached hydrogens (tertiary/aromatic N) is 3. The van der Waals surface area contributed by atoms with Crippen molar-refractivity contribution in [3.63, 3.8) is 0 Å². The molecule has 2 N–H and O–H groups in total. The Labute approximate surface area is 282 Å². The summed E-state index contributed by atoms with van der Waals surface area (Å²) in [6.45, 7) is 13.5. The second-order valence-electron chi connectivity index (χ2n) is 14.8. The molecule has 0 radical (unpaired) electrons. The Kier molecular flexibility index (Phi) is 14.4. The van der Waals surface area contributed by atoms with Crippen molar-refractivity contribution in [2.45, 2.75) is 103 Å². The van der Waals surface area contributed by atoms with Crippen molar-refractivity contribution >= 4 is 11.7 Å². The molecule has 2 heterocycles. The van der Waals surface area contributed by atoms with Crippen LogP contribution in [-0.4, -0.2) is 140 Å². The normalized spacial score (nSPS) is 35.9. The molecule has 1 aromatic carbocycles. The summed E-state index contributed by atoms with van der Waals surface area (Å²) in [7, 11) is 7.52. The highest BCUT2D eigenvalue weighted by atomic mass is 16.7. The minimum Gasteiger partial charge on any atom is -0.386 e. The molecular weight excluding hydrogens is 602 g/mol. The van der Waals surface area contributed by atoms with E-state index in [1.165, 1.54) is 0 Å². The van der Waals surface area contributed by atoms with Crippen LogP contribution in [0.1, 0.15) is 71.2 Å². The molecular formula is C36H61N3O8. The van der Waals surface area contributed by atoms with Crippen molar-refractivity contribution in [2.75, 3.05) is 61.0 Å². The highest BCUT2D eigenvalue weighted by molar-refractivity contribution is 5.94. The lowest BCUT2D eigenvalue weighted by molar-refractivity contribution is -0.296. The molecule has 0 saturated carbocycles. The van der Waals surface area contributed by atoms with Crippen LogP contribution in [0.4, 0.5) is 0 Å². The Morgan fingerprint density at radius 1 is 1.04 bits per heavy atom. The standard InChI is InChI=1S/C36H61N3O8/c1-24-22-36(6,44-10)31(47-33-29(40)28(37(7)8)21-25(2)46-33)26(3)30(41)35(4,5)34(43)45-20-19-39(18-14-17-38(9)23-24)32(42)27-15-12-11-13-16-27/h11-13,15-16,24-26,28-29,31,33-34,40,43H,14,17-23H2,1-10H3/t24-,25-,26+,28+,29-,31-,33+,34?,36-/m1/s1. The number of aliphatic hydroxyl groups is 2. The van der Waals surface area contributed by atoms with Crippen LogP contribution in [0.5, 0.6) is 0 Å². The maximum atomic E-state index is 14.3. The molecule has 0 aromatic heterocycles. The summed E-state index contributed by atoms with van der Waals surface area (Å²) >= 11 is 0. The van der Waals surface area contributed by atoms with Crippen molar-refractivity contribution < 1.29 is 38.7 Å². The molecule has 2 aliphatic rings. The second-order valence-corrected chi connectivity index (χ2v) is 14.8. The van der Waals surface area contributed by atoms with Crippen molar-refractivity contribution in [3.8, 4) is 0 Å². The zero-order valence-electron chi connectivity index (χ0n) is 30.3. The van der Waals surface area contributed by atoms with Crippen molar-refractivity contribution in [1.82, 2.24) is 14.7 Å². The summed E-state index contributed by atoms with van der Waals surface area (Å²) in [5.41, 5.74) is -1.68. The van der Waals surface area contributed by atoms with Gasteiger partial charge in [-0.25, -0.2) is 0 Å². The predicted octanol–water partition coefficient (Wildman–Crippen LogP) is 3.27. The van der Waals surface area contributed by atoms with Gasteiger partial charge in [-0.15, -0.1) is 0 Å². The number of carbonyl (C=O) groups is 2. The third-order valence-electron chi connectivity index (χ3n) is 10.0. The van der Waals surface area contributed by atoms with Crippen LogP contribution in [-0.2, 0) is 23.7 Å². The zero-order valence-corrected chi connectivity index (χ0v) is 30.3. The monoisotopic (exact) mass is 663 g/mol. The number of ketones is 1. The number of carbonyl (C=O) groups excluding carboxylic acids is 2. The number of hydrogen-bond acceptors (Lipinski definition) is 10. The fourth-order valence-electron chi connectivity index (χ4n) is 7.22. The van der Waals surface area contributed by atoms with Gasteiger partial charge in [-0.05, 0) is 92.7 Å². The third-order valence-corrected chi connectivity index (χ3v) is 10.0. The van der Waals surface area contributed by atoms with E-state index in [4.69, 9.17) is 18.9 Å². The van der Waals surface area contributed by atoms with Gasteiger partial charge in [0, 0.05) is 44.3 Å². The molecule has 0 bridgehead atoms. The van der Waals surface area contributed by atoms with Crippen LogP contribution in [0, 0.1) is 17.3 Å². The maximum absolute atomic E-state index is 14.3. The van der Waals surface area contributed by atoms with E-state index in [1.54, 1.807) is 44.9 Å². The van der Waals surface area contributed by atoms with E-state index < -0.39 is 41.7 Å². The highest BCUT2D eigenvalue weighted by Crippen LogP contribution is 2.38. The number of Topliss-reactive ketones (excluding diaryl/α,β-unsaturated/α-hetero) is 1. The number of benzene rings is 1. The van der Waals surface area contributed by atoms with Gasteiger partial charge in [-0.2, -0.15) is 0 Å². The van der Waals surface area contributed by atoms with E-state index in [0.29, 0.717) is 24.9 Å². The van der Waals surface area contributed by atoms with Gasteiger partial charge in [0.05, 0.1) is 29.8 Å². The summed E-state index contributed by atoms with van der Waals surface area (Å²) in [5.74, 6) is -0.998. The zero-order chi connectivity index (χ0) is 35.1. The molecule has 1 amide bonds. The molecule has 1 unspecified atom stereocenters. The first-order chi connectivity index (χ1) is 22.0. The molecule has 47 heavy (non-hydrogen) atoms. The lowest BCUT2D eigenvalue weighted by Gasteiger charge is -2.47. The molecule has 9 atom stereocenters. The highest BCUT2D eigenvalue weighted by Gasteiger charge is 2.50. The van der Waals surface area contributed by atoms with Crippen LogP contribution < -0.4 is 0 Å². The number of ether oxygens (including phenoxy) is 4. The van der Waals surface area contributed by atoms with Crippen molar-refractivity contribution in [3.05, 3.63) is 35.9 Å². The number of methoxy groups -OCH3 is 1. The molecule has 1 aromatic rings. The Morgan fingerprint density at radius 2 is 1.70 bits per heavy atom. The minimum absolute atomic E-state index is 0.0549. The smallest absolute Gasteiger partial charge is 0.253 e. The molecule has 11 heteroatoms. The van der Waals surface area contributed by atoms with E-state index >= 15 is 0 Å². The van der Waals surface area contributed by atoms with Crippen LogP contribution in [0.2, 0.25) is 0 Å². The fourth-order valence-corrected chi connectivity index (χ4v) is 7.22. The maximum Gasteiger partial charge on any atom is 0.253 e. The molecule has 0 aliphatic carbocycles.